The normalized spacial score (nSPS) is 24.9. The largest absolute Gasteiger partial charge is 0.352 e. The van der Waals surface area contributed by atoms with Gasteiger partial charge in [-0.3, -0.25) is 4.79 Å². The maximum Gasteiger partial charge on any atom is 0.312 e. The van der Waals surface area contributed by atoms with E-state index in [2.05, 4.69) is 5.32 Å². The fourth-order valence-corrected chi connectivity index (χ4v) is 2.72. The highest BCUT2D eigenvalue weighted by molar-refractivity contribution is 5.77. The molecule has 2 rings (SSSR count). The van der Waals surface area contributed by atoms with Crippen molar-refractivity contribution in [3.05, 3.63) is 0 Å². The lowest BCUT2D eigenvalue weighted by atomic mass is 9.97. The number of carbonyl (C=O) groups excluding carboxylic acids is 2. The molecule has 0 spiro atoms. The fraction of sp³-hybridized carbons (Fsp3) is 0.846. The number of hydrogen-bond donors (Lipinski definition) is 3. The van der Waals surface area contributed by atoms with Gasteiger partial charge in [0.15, 0.2) is 0 Å². The van der Waals surface area contributed by atoms with Crippen LogP contribution >= 0.6 is 0 Å². The van der Waals surface area contributed by atoms with Crippen LogP contribution in [-0.2, 0) is 4.79 Å². The number of likely N-dealkylation sites (tertiary alicyclic amines) is 1. The molecule has 5 N–H and O–H groups in total. The molecule has 2 aliphatic rings. The molecule has 1 aliphatic carbocycles. The standard InChI is InChI=1S/C13H24N4O2/c14-11(10-3-4-10)6-12(18)17-5-1-2-9(8-17)7-16-13(15)19/h9-11H,1-8,14H2,(H3,15,16,19). The molecule has 6 nitrogen and oxygen atoms in total. The van der Waals surface area contributed by atoms with Gasteiger partial charge in [-0.05, 0) is 37.5 Å². The van der Waals surface area contributed by atoms with Crippen LogP contribution in [-0.4, -0.2) is 42.5 Å². The van der Waals surface area contributed by atoms with Crippen molar-refractivity contribution in [2.45, 2.75) is 38.1 Å². The van der Waals surface area contributed by atoms with Crippen LogP contribution in [0.2, 0.25) is 0 Å². The van der Waals surface area contributed by atoms with E-state index in [-0.39, 0.29) is 11.9 Å². The number of rotatable bonds is 5. The predicted molar refractivity (Wildman–Crippen MR) is 72.2 cm³/mol. The van der Waals surface area contributed by atoms with Gasteiger partial charge in [-0.1, -0.05) is 0 Å². The Labute approximate surface area is 113 Å². The van der Waals surface area contributed by atoms with Crippen molar-refractivity contribution >= 4 is 11.9 Å². The quantitative estimate of drug-likeness (QED) is 0.655. The van der Waals surface area contributed by atoms with Crippen molar-refractivity contribution < 1.29 is 9.59 Å². The summed E-state index contributed by atoms with van der Waals surface area (Å²) in [6.07, 6.45) is 4.80. The first-order valence-corrected chi connectivity index (χ1v) is 7.13. The van der Waals surface area contributed by atoms with Crippen molar-refractivity contribution in [1.82, 2.24) is 10.2 Å². The van der Waals surface area contributed by atoms with Gasteiger partial charge in [-0.2, -0.15) is 0 Å². The molecule has 108 valence electrons. The highest BCUT2D eigenvalue weighted by Crippen LogP contribution is 2.33. The average Bonchev–Trinajstić information content (AvgIpc) is 3.21. The summed E-state index contributed by atoms with van der Waals surface area (Å²) in [6, 6.07) is -0.476. The van der Waals surface area contributed by atoms with E-state index in [1.807, 2.05) is 4.90 Å². The molecule has 6 heteroatoms. The molecule has 0 aromatic carbocycles. The van der Waals surface area contributed by atoms with Crippen LogP contribution in [0.3, 0.4) is 0 Å². The Kier molecular flexibility index (Phi) is 4.63. The minimum Gasteiger partial charge on any atom is -0.352 e. The van der Waals surface area contributed by atoms with Crippen LogP contribution in [0.25, 0.3) is 0 Å². The highest BCUT2D eigenvalue weighted by atomic mass is 16.2. The monoisotopic (exact) mass is 268 g/mol. The first-order valence-electron chi connectivity index (χ1n) is 7.13. The maximum absolute atomic E-state index is 12.2. The molecule has 3 amide bonds. The molecule has 1 aliphatic heterocycles. The van der Waals surface area contributed by atoms with E-state index in [1.54, 1.807) is 0 Å². The summed E-state index contributed by atoms with van der Waals surface area (Å²) in [6.45, 7) is 2.06. The van der Waals surface area contributed by atoms with Crippen LogP contribution in [0.4, 0.5) is 4.79 Å². The summed E-state index contributed by atoms with van der Waals surface area (Å²) in [4.78, 5) is 24.7. The Bertz CT molecular complexity index is 344. The second-order valence-electron chi connectivity index (χ2n) is 5.80. The maximum atomic E-state index is 12.2. The second-order valence-corrected chi connectivity index (χ2v) is 5.80. The Morgan fingerprint density at radius 2 is 2.05 bits per heavy atom. The zero-order chi connectivity index (χ0) is 13.8. The molecular weight excluding hydrogens is 244 g/mol. The lowest BCUT2D eigenvalue weighted by Gasteiger charge is -2.33. The van der Waals surface area contributed by atoms with Gasteiger partial charge < -0.3 is 21.7 Å². The number of piperidine rings is 1. The number of carbonyl (C=O) groups is 2. The summed E-state index contributed by atoms with van der Waals surface area (Å²) < 4.78 is 0. The number of nitrogens with zero attached hydrogens (tertiary/aromatic N) is 1. The number of urea groups is 1. The van der Waals surface area contributed by atoms with E-state index in [0.717, 1.165) is 19.4 Å². The van der Waals surface area contributed by atoms with Crippen LogP contribution in [0.5, 0.6) is 0 Å². The summed E-state index contributed by atoms with van der Waals surface area (Å²) in [5.74, 6) is 1.02. The molecule has 19 heavy (non-hydrogen) atoms. The summed E-state index contributed by atoms with van der Waals surface area (Å²) >= 11 is 0. The minimum absolute atomic E-state index is 0.0246. The van der Waals surface area contributed by atoms with Gasteiger partial charge >= 0.3 is 6.03 Å². The molecule has 0 bridgehead atoms. The van der Waals surface area contributed by atoms with Gasteiger partial charge in [0.2, 0.25) is 5.91 Å². The van der Waals surface area contributed by atoms with E-state index in [4.69, 9.17) is 11.5 Å². The van der Waals surface area contributed by atoms with Gasteiger partial charge in [0.1, 0.15) is 0 Å². The molecule has 0 aromatic rings. The third-order valence-electron chi connectivity index (χ3n) is 4.07. The zero-order valence-corrected chi connectivity index (χ0v) is 11.3. The van der Waals surface area contributed by atoms with Crippen LogP contribution in [0.15, 0.2) is 0 Å². The van der Waals surface area contributed by atoms with Crippen LogP contribution in [0.1, 0.15) is 32.1 Å². The Morgan fingerprint density at radius 1 is 1.32 bits per heavy atom. The third-order valence-corrected chi connectivity index (χ3v) is 4.07. The van der Waals surface area contributed by atoms with Gasteiger partial charge in [0.05, 0.1) is 0 Å². The Morgan fingerprint density at radius 3 is 2.68 bits per heavy atom. The lowest BCUT2D eigenvalue weighted by Crippen LogP contribution is -2.46. The van der Waals surface area contributed by atoms with Gasteiger partial charge in [-0.25, -0.2) is 4.79 Å². The lowest BCUT2D eigenvalue weighted by molar-refractivity contribution is -0.133. The van der Waals surface area contributed by atoms with E-state index >= 15 is 0 Å². The number of nitrogens with two attached hydrogens (primary N) is 2. The smallest absolute Gasteiger partial charge is 0.312 e. The van der Waals surface area contributed by atoms with E-state index in [0.29, 0.717) is 31.3 Å². The van der Waals surface area contributed by atoms with Crippen molar-refractivity contribution in [2.75, 3.05) is 19.6 Å². The van der Waals surface area contributed by atoms with Crippen molar-refractivity contribution in [3.63, 3.8) is 0 Å². The van der Waals surface area contributed by atoms with Crippen LogP contribution < -0.4 is 16.8 Å². The van der Waals surface area contributed by atoms with E-state index < -0.39 is 6.03 Å². The number of primary amides is 1. The summed E-state index contributed by atoms with van der Waals surface area (Å²) in [5, 5.41) is 2.62. The molecule has 2 fully saturated rings. The highest BCUT2D eigenvalue weighted by Gasteiger charge is 2.32. The Balaban J connectivity index is 1.75. The van der Waals surface area contributed by atoms with Gasteiger partial charge in [0, 0.05) is 32.1 Å². The third kappa shape index (κ3) is 4.38. The summed E-state index contributed by atoms with van der Waals surface area (Å²) in [5.41, 5.74) is 11.1. The summed E-state index contributed by atoms with van der Waals surface area (Å²) in [7, 11) is 0. The van der Waals surface area contributed by atoms with Crippen molar-refractivity contribution in [2.24, 2.45) is 23.3 Å². The minimum atomic E-state index is -0.501. The van der Waals surface area contributed by atoms with E-state index in [1.165, 1.54) is 12.8 Å². The number of amides is 3. The fourth-order valence-electron chi connectivity index (χ4n) is 2.72. The molecule has 0 aromatic heterocycles. The molecule has 0 radical (unpaired) electrons. The molecular formula is C13H24N4O2. The van der Waals surface area contributed by atoms with Gasteiger partial charge in [-0.15, -0.1) is 0 Å². The number of nitrogens with one attached hydrogen (secondary N) is 1. The molecule has 1 saturated carbocycles. The van der Waals surface area contributed by atoms with E-state index in [9.17, 15) is 9.59 Å². The predicted octanol–water partition coefficient (Wildman–Crippen LogP) is 0.0207. The zero-order valence-electron chi connectivity index (χ0n) is 11.3. The van der Waals surface area contributed by atoms with Gasteiger partial charge in [0.25, 0.3) is 0 Å². The molecule has 2 atom stereocenters. The topological polar surface area (TPSA) is 101 Å². The molecule has 1 saturated heterocycles. The molecule has 1 heterocycles. The van der Waals surface area contributed by atoms with Crippen LogP contribution in [0, 0.1) is 11.8 Å². The Hall–Kier alpha value is -1.30. The molecule has 2 unspecified atom stereocenters. The first kappa shape index (κ1) is 14.1. The SMILES string of the molecule is NC(=O)NCC1CCCN(C(=O)CC(N)C2CC2)C1. The van der Waals surface area contributed by atoms with Crippen molar-refractivity contribution in [1.29, 1.82) is 0 Å². The second kappa shape index (κ2) is 6.23. The van der Waals surface area contributed by atoms with Crippen molar-refractivity contribution in [3.8, 4) is 0 Å². The first-order chi connectivity index (χ1) is 9.06. The number of hydrogen-bond acceptors (Lipinski definition) is 3. The average molecular weight is 268 g/mol.